The van der Waals surface area contributed by atoms with Crippen LogP contribution in [0.2, 0.25) is 0 Å². The molecule has 140 valence electrons. The molecule has 0 aliphatic carbocycles. The molecule has 3 aromatic rings. The Morgan fingerprint density at radius 1 is 1.15 bits per heavy atom. The highest BCUT2D eigenvalue weighted by atomic mass is 16.5. The molecule has 0 saturated carbocycles. The first kappa shape index (κ1) is 18.8. The van der Waals surface area contributed by atoms with Gasteiger partial charge in [-0.2, -0.15) is 5.10 Å². The molecule has 2 heterocycles. The third-order valence-corrected chi connectivity index (χ3v) is 4.54. The number of nitrogens with zero attached hydrogens (tertiary/aromatic N) is 3. The van der Waals surface area contributed by atoms with Crippen LogP contribution in [-0.2, 0) is 11.8 Å². The van der Waals surface area contributed by atoms with Crippen molar-refractivity contribution in [1.82, 2.24) is 20.1 Å². The number of methoxy groups -OCH3 is 1. The van der Waals surface area contributed by atoms with E-state index in [2.05, 4.69) is 21.5 Å². The monoisotopic (exact) mass is 364 g/mol. The minimum atomic E-state index is -0.266. The van der Waals surface area contributed by atoms with Gasteiger partial charge in [0.15, 0.2) is 0 Å². The molecule has 0 unspecified atom stereocenters. The minimum absolute atomic E-state index is 0.149. The quantitative estimate of drug-likeness (QED) is 0.729. The Labute approximate surface area is 159 Å². The summed E-state index contributed by atoms with van der Waals surface area (Å²) in [7, 11) is 3.46. The van der Waals surface area contributed by atoms with Gasteiger partial charge in [0.05, 0.1) is 18.3 Å². The topological polar surface area (TPSA) is 69.0 Å². The minimum Gasteiger partial charge on any atom is -0.382 e. The molecule has 0 fully saturated rings. The van der Waals surface area contributed by atoms with E-state index in [4.69, 9.17) is 4.74 Å². The molecule has 6 nitrogen and oxygen atoms in total. The van der Waals surface area contributed by atoms with Gasteiger partial charge in [0.2, 0.25) is 0 Å². The Morgan fingerprint density at radius 3 is 2.48 bits per heavy atom. The Hall–Kier alpha value is -2.99. The number of aromatic nitrogens is 3. The lowest BCUT2D eigenvalue weighted by molar-refractivity contribution is 0.0892. The van der Waals surface area contributed by atoms with Gasteiger partial charge in [-0.1, -0.05) is 18.2 Å². The highest BCUT2D eigenvalue weighted by molar-refractivity contribution is 5.95. The normalized spacial score (nSPS) is 12.0. The van der Waals surface area contributed by atoms with Crippen molar-refractivity contribution in [3.8, 4) is 11.1 Å². The molecule has 6 heteroatoms. The number of benzene rings is 1. The summed E-state index contributed by atoms with van der Waals surface area (Å²) < 4.78 is 6.99. The average molecular weight is 364 g/mol. The Morgan fingerprint density at radius 2 is 1.89 bits per heavy atom. The highest BCUT2D eigenvalue weighted by Crippen LogP contribution is 2.23. The summed E-state index contributed by atoms with van der Waals surface area (Å²) in [5, 5.41) is 7.18. The first-order valence-electron chi connectivity index (χ1n) is 8.82. The molecule has 0 saturated heterocycles. The maximum atomic E-state index is 12.7. The van der Waals surface area contributed by atoms with Gasteiger partial charge in [-0.15, -0.1) is 0 Å². The zero-order valence-electron chi connectivity index (χ0n) is 16.1. The van der Waals surface area contributed by atoms with E-state index in [9.17, 15) is 4.79 Å². The molecule has 1 N–H and O–H groups in total. The smallest absolute Gasteiger partial charge is 0.251 e. The van der Waals surface area contributed by atoms with E-state index in [1.54, 1.807) is 18.0 Å². The van der Waals surface area contributed by atoms with Gasteiger partial charge >= 0.3 is 0 Å². The SMILES string of the molecule is COC[C@@H](NC(=O)c1ccc(-c2ccc(C)nc2C)cc1)c1ccnn1C. The number of hydrogen-bond acceptors (Lipinski definition) is 4. The van der Waals surface area contributed by atoms with Gasteiger partial charge in [0, 0.05) is 42.9 Å². The fraction of sp³-hybridized carbons (Fsp3) is 0.286. The molecule has 1 atom stereocenters. The second-order valence-electron chi connectivity index (χ2n) is 6.52. The van der Waals surface area contributed by atoms with Crippen LogP contribution in [0, 0.1) is 13.8 Å². The van der Waals surface area contributed by atoms with Crippen molar-refractivity contribution in [3.63, 3.8) is 0 Å². The van der Waals surface area contributed by atoms with Crippen molar-refractivity contribution in [2.24, 2.45) is 7.05 Å². The summed E-state index contributed by atoms with van der Waals surface area (Å²) in [5.74, 6) is -0.149. The molecule has 0 bridgehead atoms. The predicted molar refractivity (Wildman–Crippen MR) is 104 cm³/mol. The fourth-order valence-corrected chi connectivity index (χ4v) is 3.13. The molecule has 0 aliphatic heterocycles. The van der Waals surface area contributed by atoms with Crippen LogP contribution in [0.3, 0.4) is 0 Å². The van der Waals surface area contributed by atoms with E-state index >= 15 is 0 Å². The number of nitrogens with one attached hydrogen (secondary N) is 1. The maximum absolute atomic E-state index is 12.7. The lowest BCUT2D eigenvalue weighted by Gasteiger charge is -2.18. The third-order valence-electron chi connectivity index (χ3n) is 4.54. The Balaban J connectivity index is 1.78. The van der Waals surface area contributed by atoms with Crippen LogP contribution in [0.25, 0.3) is 11.1 Å². The van der Waals surface area contributed by atoms with Crippen LogP contribution < -0.4 is 5.32 Å². The number of amides is 1. The van der Waals surface area contributed by atoms with Crippen LogP contribution >= 0.6 is 0 Å². The molecule has 1 amide bonds. The van der Waals surface area contributed by atoms with Crippen LogP contribution in [0.4, 0.5) is 0 Å². The van der Waals surface area contributed by atoms with Gasteiger partial charge in [-0.05, 0) is 43.7 Å². The first-order chi connectivity index (χ1) is 13.0. The summed E-state index contributed by atoms with van der Waals surface area (Å²) in [4.78, 5) is 17.2. The fourth-order valence-electron chi connectivity index (χ4n) is 3.13. The summed E-state index contributed by atoms with van der Waals surface area (Å²) >= 11 is 0. The Kier molecular flexibility index (Phi) is 5.66. The van der Waals surface area contributed by atoms with Crippen LogP contribution in [-0.4, -0.2) is 34.4 Å². The van der Waals surface area contributed by atoms with Crippen LogP contribution in [0.15, 0.2) is 48.7 Å². The van der Waals surface area contributed by atoms with Gasteiger partial charge in [0.1, 0.15) is 0 Å². The van der Waals surface area contributed by atoms with E-state index in [0.717, 1.165) is 28.2 Å². The zero-order chi connectivity index (χ0) is 19.4. The van der Waals surface area contributed by atoms with Crippen molar-refractivity contribution in [3.05, 3.63) is 71.3 Å². The number of ether oxygens (including phenoxy) is 1. The lowest BCUT2D eigenvalue weighted by atomic mass is 10.0. The number of rotatable bonds is 6. The van der Waals surface area contributed by atoms with Gasteiger partial charge in [0.25, 0.3) is 5.91 Å². The zero-order valence-corrected chi connectivity index (χ0v) is 16.1. The van der Waals surface area contributed by atoms with Gasteiger partial charge in [-0.3, -0.25) is 14.5 Å². The van der Waals surface area contributed by atoms with E-state index in [1.165, 1.54) is 0 Å². The van der Waals surface area contributed by atoms with E-state index in [-0.39, 0.29) is 11.9 Å². The van der Waals surface area contributed by atoms with Crippen molar-refractivity contribution >= 4 is 5.91 Å². The van der Waals surface area contributed by atoms with E-state index < -0.39 is 0 Å². The molecule has 2 aromatic heterocycles. The number of carbonyl (C=O) groups excluding carboxylic acids is 1. The first-order valence-corrected chi connectivity index (χ1v) is 8.82. The van der Waals surface area contributed by atoms with Gasteiger partial charge in [-0.25, -0.2) is 0 Å². The number of hydrogen-bond donors (Lipinski definition) is 1. The molecule has 1 aromatic carbocycles. The predicted octanol–water partition coefficient (Wildman–Crippen LogP) is 3.22. The Bertz CT molecular complexity index is 932. The number of pyridine rings is 1. The molecule has 0 aliphatic rings. The third kappa shape index (κ3) is 4.23. The lowest BCUT2D eigenvalue weighted by Crippen LogP contribution is -2.32. The van der Waals surface area contributed by atoms with Crippen molar-refractivity contribution in [2.75, 3.05) is 13.7 Å². The summed E-state index contributed by atoms with van der Waals surface area (Å²) in [6, 6.07) is 13.2. The second kappa shape index (κ2) is 8.14. The van der Waals surface area contributed by atoms with Crippen molar-refractivity contribution in [2.45, 2.75) is 19.9 Å². The average Bonchev–Trinajstić information content (AvgIpc) is 3.07. The molecule has 3 rings (SSSR count). The summed E-state index contributed by atoms with van der Waals surface area (Å²) in [6.45, 7) is 4.34. The van der Waals surface area contributed by atoms with Gasteiger partial charge < -0.3 is 10.1 Å². The molecular weight excluding hydrogens is 340 g/mol. The number of aryl methyl sites for hydroxylation is 3. The largest absolute Gasteiger partial charge is 0.382 e. The molecule has 27 heavy (non-hydrogen) atoms. The highest BCUT2D eigenvalue weighted by Gasteiger charge is 2.18. The van der Waals surface area contributed by atoms with Crippen molar-refractivity contribution in [1.29, 1.82) is 0 Å². The summed E-state index contributed by atoms with van der Waals surface area (Å²) in [5.41, 5.74) is 5.56. The van der Waals surface area contributed by atoms with E-state index in [0.29, 0.717) is 12.2 Å². The van der Waals surface area contributed by atoms with Crippen LogP contribution in [0.1, 0.15) is 33.5 Å². The number of carbonyl (C=O) groups is 1. The van der Waals surface area contributed by atoms with E-state index in [1.807, 2.05) is 57.3 Å². The standard InChI is InChI=1S/C21H24N4O2/c1-14-5-10-18(15(2)23-14)16-6-8-17(9-7-16)21(26)24-19(13-27-4)20-11-12-22-25(20)3/h5-12,19H,13H2,1-4H3,(H,24,26)/t19-/m1/s1. The molecule has 0 radical (unpaired) electrons. The maximum Gasteiger partial charge on any atom is 0.251 e. The molecule has 0 spiro atoms. The van der Waals surface area contributed by atoms with Crippen LogP contribution in [0.5, 0.6) is 0 Å². The summed E-state index contributed by atoms with van der Waals surface area (Å²) in [6.07, 6.45) is 1.71. The second-order valence-corrected chi connectivity index (χ2v) is 6.52. The van der Waals surface area contributed by atoms with Crippen molar-refractivity contribution < 1.29 is 9.53 Å². The molecular formula is C21H24N4O2.